The van der Waals surface area contributed by atoms with Gasteiger partial charge in [0, 0.05) is 11.6 Å². The molecule has 0 bridgehead atoms. The lowest BCUT2D eigenvalue weighted by atomic mass is 10.1. The molecule has 0 radical (unpaired) electrons. The number of imide groups is 1. The molecule has 0 atom stereocenters. The summed E-state index contributed by atoms with van der Waals surface area (Å²) >= 11 is 11.8. The van der Waals surface area contributed by atoms with Gasteiger partial charge in [-0.25, -0.2) is 0 Å². The maximum absolute atomic E-state index is 12.5. The second kappa shape index (κ2) is 6.64. The number of anilines is 1. The van der Waals surface area contributed by atoms with E-state index in [1.165, 1.54) is 12.1 Å². The quantitative estimate of drug-likeness (QED) is 0.679. The van der Waals surface area contributed by atoms with Crippen molar-refractivity contribution in [2.24, 2.45) is 0 Å². The van der Waals surface area contributed by atoms with Gasteiger partial charge in [0.25, 0.3) is 11.8 Å². The summed E-state index contributed by atoms with van der Waals surface area (Å²) in [7, 11) is 0. The minimum atomic E-state index is -0.584. The Kier molecular flexibility index (Phi) is 4.30. The molecule has 0 saturated heterocycles. The Bertz CT molecular complexity index is 1080. The molecule has 0 spiro atoms. The van der Waals surface area contributed by atoms with Crippen molar-refractivity contribution in [2.45, 2.75) is 0 Å². The van der Waals surface area contributed by atoms with Crippen molar-refractivity contribution in [3.8, 4) is 0 Å². The monoisotopic (exact) mass is 399 g/mol. The Morgan fingerprint density at radius 3 is 2.30 bits per heavy atom. The van der Waals surface area contributed by atoms with Crippen LogP contribution in [-0.4, -0.2) is 34.2 Å². The zero-order chi connectivity index (χ0) is 19.1. The summed E-state index contributed by atoms with van der Waals surface area (Å²) in [5.74, 6) is -1.68. The van der Waals surface area contributed by atoms with E-state index >= 15 is 0 Å². The number of nitrogens with zero attached hydrogens (tertiary/aromatic N) is 2. The zero-order valence-corrected chi connectivity index (χ0v) is 15.2. The number of hydrogen-bond acceptors (Lipinski definition) is 4. The van der Waals surface area contributed by atoms with Crippen molar-refractivity contribution in [1.29, 1.82) is 0 Å². The van der Waals surface area contributed by atoms with Gasteiger partial charge in [-0.1, -0.05) is 41.4 Å². The predicted molar refractivity (Wildman–Crippen MR) is 102 cm³/mol. The van der Waals surface area contributed by atoms with Gasteiger partial charge in [-0.15, -0.1) is 0 Å². The van der Waals surface area contributed by atoms with E-state index in [1.54, 1.807) is 24.4 Å². The molecule has 3 amide bonds. The first-order valence-corrected chi connectivity index (χ1v) is 8.70. The first-order chi connectivity index (χ1) is 13.0. The van der Waals surface area contributed by atoms with E-state index in [0.717, 1.165) is 10.3 Å². The lowest BCUT2D eigenvalue weighted by Crippen LogP contribution is -2.37. The van der Waals surface area contributed by atoms with Crippen LogP contribution in [0.25, 0.3) is 10.9 Å². The number of rotatable bonds is 3. The number of nitrogens with one attached hydrogen (secondary N) is 1. The highest BCUT2D eigenvalue weighted by Crippen LogP contribution is 2.31. The first kappa shape index (κ1) is 17.5. The largest absolute Gasteiger partial charge is 0.323 e. The molecule has 2 heterocycles. The van der Waals surface area contributed by atoms with Crippen molar-refractivity contribution >= 4 is 57.5 Å². The van der Waals surface area contributed by atoms with E-state index < -0.39 is 24.3 Å². The van der Waals surface area contributed by atoms with Crippen molar-refractivity contribution in [3.05, 3.63) is 69.8 Å². The van der Waals surface area contributed by atoms with Crippen molar-refractivity contribution in [1.82, 2.24) is 9.88 Å². The molecule has 134 valence electrons. The normalized spacial score (nSPS) is 13.2. The van der Waals surface area contributed by atoms with Gasteiger partial charge in [0.05, 0.1) is 32.4 Å². The van der Waals surface area contributed by atoms with Crippen LogP contribution < -0.4 is 5.32 Å². The lowest BCUT2D eigenvalue weighted by Gasteiger charge is -2.14. The van der Waals surface area contributed by atoms with Gasteiger partial charge in [-0.3, -0.25) is 24.3 Å². The number of fused-ring (bicyclic) bond motifs is 2. The van der Waals surface area contributed by atoms with Crippen LogP contribution >= 0.6 is 23.2 Å². The Morgan fingerprint density at radius 1 is 1.00 bits per heavy atom. The van der Waals surface area contributed by atoms with Crippen LogP contribution in [0.15, 0.2) is 48.7 Å². The highest BCUT2D eigenvalue weighted by molar-refractivity contribution is 6.43. The number of aromatic nitrogens is 1. The summed E-state index contributed by atoms with van der Waals surface area (Å²) in [6.45, 7) is -0.426. The minimum absolute atomic E-state index is 0.133. The molecule has 3 aromatic rings. The van der Waals surface area contributed by atoms with Gasteiger partial charge in [0.15, 0.2) is 0 Å². The number of hydrogen-bond donors (Lipinski definition) is 1. The summed E-state index contributed by atoms with van der Waals surface area (Å²) in [6.07, 6.45) is 1.62. The van der Waals surface area contributed by atoms with Crippen LogP contribution in [0.5, 0.6) is 0 Å². The SMILES string of the molecule is O=C(CN1C(=O)c2cc(Cl)c(Cl)cc2C1=O)Nc1cccc2cccnc12. The molecule has 2 aromatic carbocycles. The Labute approximate surface area is 163 Å². The molecule has 0 fully saturated rings. The lowest BCUT2D eigenvalue weighted by molar-refractivity contribution is -0.116. The average molecular weight is 400 g/mol. The maximum atomic E-state index is 12.5. The van der Waals surface area contributed by atoms with E-state index in [9.17, 15) is 14.4 Å². The van der Waals surface area contributed by atoms with Crippen LogP contribution in [0.4, 0.5) is 5.69 Å². The molecule has 1 N–H and O–H groups in total. The molecule has 1 aromatic heterocycles. The second-order valence-electron chi connectivity index (χ2n) is 5.94. The highest BCUT2D eigenvalue weighted by Gasteiger charge is 2.37. The Balaban J connectivity index is 1.57. The van der Waals surface area contributed by atoms with E-state index in [2.05, 4.69) is 10.3 Å². The van der Waals surface area contributed by atoms with Gasteiger partial charge >= 0.3 is 0 Å². The third-order valence-corrected chi connectivity index (χ3v) is 4.94. The van der Waals surface area contributed by atoms with Crippen molar-refractivity contribution in [2.75, 3.05) is 11.9 Å². The molecule has 4 rings (SSSR count). The summed E-state index contributed by atoms with van der Waals surface area (Å²) in [5.41, 5.74) is 1.39. The van der Waals surface area contributed by atoms with Gasteiger partial charge < -0.3 is 5.32 Å². The molecule has 0 aliphatic carbocycles. The van der Waals surface area contributed by atoms with Gasteiger partial charge in [0.1, 0.15) is 6.54 Å². The van der Waals surface area contributed by atoms with Crippen LogP contribution in [0, 0.1) is 0 Å². The highest BCUT2D eigenvalue weighted by atomic mass is 35.5. The summed E-state index contributed by atoms with van der Waals surface area (Å²) < 4.78 is 0. The number of halogens is 2. The fourth-order valence-electron chi connectivity index (χ4n) is 2.97. The van der Waals surface area contributed by atoms with E-state index in [0.29, 0.717) is 11.2 Å². The molecular formula is C19H11Cl2N3O3. The molecule has 1 aliphatic heterocycles. The first-order valence-electron chi connectivity index (χ1n) is 7.94. The fraction of sp³-hybridized carbons (Fsp3) is 0.0526. The molecular weight excluding hydrogens is 389 g/mol. The summed E-state index contributed by atoms with van der Waals surface area (Å²) in [4.78, 5) is 42.5. The van der Waals surface area contributed by atoms with Crippen LogP contribution in [-0.2, 0) is 4.79 Å². The molecule has 6 nitrogen and oxygen atoms in total. The van der Waals surface area contributed by atoms with Crippen LogP contribution in [0.1, 0.15) is 20.7 Å². The standard InChI is InChI=1S/C19H11Cl2N3O3/c20-13-7-11-12(8-14(13)21)19(27)24(18(11)26)9-16(25)23-15-5-1-3-10-4-2-6-22-17(10)15/h1-8H,9H2,(H,23,25). The number of amides is 3. The number of carbonyl (C=O) groups is 3. The van der Waals surface area contributed by atoms with E-state index in [1.807, 2.05) is 12.1 Å². The predicted octanol–water partition coefficient (Wildman–Crippen LogP) is 3.78. The molecule has 1 aliphatic rings. The minimum Gasteiger partial charge on any atom is -0.323 e. The van der Waals surface area contributed by atoms with Crippen molar-refractivity contribution in [3.63, 3.8) is 0 Å². The molecule has 0 saturated carbocycles. The summed E-state index contributed by atoms with van der Waals surface area (Å²) in [6, 6.07) is 11.7. The third kappa shape index (κ3) is 3.03. The van der Waals surface area contributed by atoms with E-state index in [4.69, 9.17) is 23.2 Å². The topological polar surface area (TPSA) is 79.4 Å². The Morgan fingerprint density at radius 2 is 1.63 bits per heavy atom. The second-order valence-corrected chi connectivity index (χ2v) is 6.75. The van der Waals surface area contributed by atoms with Crippen LogP contribution in [0.3, 0.4) is 0 Å². The summed E-state index contributed by atoms with van der Waals surface area (Å²) in [5, 5.41) is 3.91. The number of carbonyl (C=O) groups excluding carboxylic acids is 3. The number of para-hydroxylation sites is 1. The van der Waals surface area contributed by atoms with Gasteiger partial charge in [-0.2, -0.15) is 0 Å². The molecule has 8 heteroatoms. The number of pyridine rings is 1. The third-order valence-electron chi connectivity index (χ3n) is 4.22. The van der Waals surface area contributed by atoms with Crippen LogP contribution in [0.2, 0.25) is 10.0 Å². The maximum Gasteiger partial charge on any atom is 0.262 e. The smallest absolute Gasteiger partial charge is 0.262 e. The average Bonchev–Trinajstić information content (AvgIpc) is 2.87. The van der Waals surface area contributed by atoms with E-state index in [-0.39, 0.29) is 21.2 Å². The fourth-order valence-corrected chi connectivity index (χ4v) is 3.29. The zero-order valence-electron chi connectivity index (χ0n) is 13.7. The molecule has 0 unspecified atom stereocenters. The number of benzene rings is 2. The molecule has 27 heavy (non-hydrogen) atoms. The van der Waals surface area contributed by atoms with Gasteiger partial charge in [-0.05, 0) is 24.3 Å². The van der Waals surface area contributed by atoms with Gasteiger partial charge in [0.2, 0.25) is 5.91 Å². The van der Waals surface area contributed by atoms with Crippen molar-refractivity contribution < 1.29 is 14.4 Å². The Hall–Kier alpha value is -2.96.